The van der Waals surface area contributed by atoms with E-state index in [1.165, 1.54) is 30.2 Å². The van der Waals surface area contributed by atoms with Crippen molar-refractivity contribution in [1.29, 1.82) is 0 Å². The number of rotatable bonds is 4. The summed E-state index contributed by atoms with van der Waals surface area (Å²) in [4.78, 5) is 8.55. The van der Waals surface area contributed by atoms with Crippen molar-refractivity contribution in [2.45, 2.75) is 11.1 Å². The highest BCUT2D eigenvalue weighted by Crippen LogP contribution is 2.33. The zero-order chi connectivity index (χ0) is 20.4. The van der Waals surface area contributed by atoms with Crippen LogP contribution in [0.25, 0.3) is 34.3 Å². The number of hydrogen-bond donors (Lipinski definition) is 2. The summed E-state index contributed by atoms with van der Waals surface area (Å²) >= 11 is 1.18. The van der Waals surface area contributed by atoms with E-state index in [-0.39, 0.29) is 5.56 Å². The minimum Gasteiger partial charge on any atom is -0.338 e. The van der Waals surface area contributed by atoms with E-state index in [4.69, 9.17) is 5.14 Å². The average molecular weight is 411 g/mol. The summed E-state index contributed by atoms with van der Waals surface area (Å²) in [7, 11) is 0. The van der Waals surface area contributed by atoms with E-state index in [1.54, 1.807) is 12.1 Å². The van der Waals surface area contributed by atoms with Gasteiger partial charge in [-0.05, 0) is 59.0 Å². The molecule has 4 rings (SSSR count). The van der Waals surface area contributed by atoms with Crippen molar-refractivity contribution in [2.24, 2.45) is 5.14 Å². The largest absolute Gasteiger partial charge is 0.416 e. The number of aromatic amines is 1. The number of aromatic nitrogens is 2. The fourth-order valence-electron chi connectivity index (χ4n) is 3.15. The third kappa shape index (κ3) is 4.06. The fourth-order valence-corrected chi connectivity index (χ4v) is 3.62. The molecule has 0 saturated carbocycles. The van der Waals surface area contributed by atoms with Crippen LogP contribution >= 0.6 is 11.9 Å². The van der Waals surface area contributed by atoms with E-state index in [9.17, 15) is 13.2 Å². The smallest absolute Gasteiger partial charge is 0.338 e. The van der Waals surface area contributed by atoms with Gasteiger partial charge in [-0.1, -0.05) is 48.5 Å². The summed E-state index contributed by atoms with van der Waals surface area (Å²) in [5.74, 6) is 0.482. The molecule has 0 bridgehead atoms. The minimum atomic E-state index is -4.40. The maximum Gasteiger partial charge on any atom is 0.416 e. The van der Waals surface area contributed by atoms with Crippen LogP contribution in [0.4, 0.5) is 13.2 Å². The van der Waals surface area contributed by atoms with Crippen molar-refractivity contribution in [2.75, 3.05) is 0 Å². The van der Waals surface area contributed by atoms with Gasteiger partial charge in [0.25, 0.3) is 0 Å². The van der Waals surface area contributed by atoms with Crippen molar-refractivity contribution < 1.29 is 13.2 Å². The molecule has 3 N–H and O–H groups in total. The molecule has 0 amide bonds. The number of benzene rings is 3. The quantitative estimate of drug-likeness (QED) is 0.383. The van der Waals surface area contributed by atoms with Crippen LogP contribution in [0, 0.1) is 0 Å². The lowest BCUT2D eigenvalue weighted by Crippen LogP contribution is -2.06. The molecule has 1 heterocycles. The van der Waals surface area contributed by atoms with Crippen LogP contribution in [0.2, 0.25) is 0 Å². The van der Waals surface area contributed by atoms with Gasteiger partial charge in [0.2, 0.25) is 0 Å². The molecular formula is C22H16F3N3S. The molecule has 4 aromatic rings. The molecule has 0 saturated heterocycles. The van der Waals surface area contributed by atoms with Crippen molar-refractivity contribution in [3.63, 3.8) is 0 Å². The van der Waals surface area contributed by atoms with Crippen LogP contribution in [0.1, 0.15) is 17.0 Å². The topological polar surface area (TPSA) is 54.7 Å². The first kappa shape index (κ1) is 19.3. The number of nitrogens with zero attached hydrogens (tertiary/aromatic N) is 1. The Labute approximate surface area is 169 Å². The van der Waals surface area contributed by atoms with Crippen LogP contribution in [-0.4, -0.2) is 9.97 Å². The van der Waals surface area contributed by atoms with Crippen LogP contribution < -0.4 is 5.14 Å². The lowest BCUT2D eigenvalue weighted by molar-refractivity contribution is -0.137. The molecule has 3 aromatic carbocycles. The molecule has 3 nitrogen and oxygen atoms in total. The highest BCUT2D eigenvalue weighted by Gasteiger charge is 2.32. The fraction of sp³-hybridized carbons (Fsp3) is 0.0455. The van der Waals surface area contributed by atoms with Gasteiger partial charge >= 0.3 is 6.18 Å². The Morgan fingerprint density at radius 1 is 0.931 bits per heavy atom. The number of alkyl halides is 3. The summed E-state index contributed by atoms with van der Waals surface area (Å²) in [6.07, 6.45) is -1.44. The SMILES string of the molecule is NSc1ccccc1-c1ccc2nc(/C=C/c3ccccc3C(F)(F)F)[nH]c2c1. The molecule has 0 aliphatic rings. The van der Waals surface area contributed by atoms with Gasteiger partial charge in [0, 0.05) is 4.90 Å². The second-order valence-electron chi connectivity index (χ2n) is 6.39. The summed E-state index contributed by atoms with van der Waals surface area (Å²) in [6.45, 7) is 0. The molecule has 0 aliphatic carbocycles. The Balaban J connectivity index is 1.68. The van der Waals surface area contributed by atoms with E-state index >= 15 is 0 Å². The van der Waals surface area contributed by atoms with Crippen LogP contribution in [0.15, 0.2) is 71.6 Å². The second-order valence-corrected chi connectivity index (χ2v) is 7.06. The van der Waals surface area contributed by atoms with Crippen molar-refractivity contribution in [3.05, 3.63) is 83.7 Å². The predicted molar refractivity (Wildman–Crippen MR) is 112 cm³/mol. The normalized spacial score (nSPS) is 12.1. The van der Waals surface area contributed by atoms with Gasteiger partial charge in [-0.3, -0.25) is 5.14 Å². The van der Waals surface area contributed by atoms with E-state index in [0.717, 1.165) is 33.1 Å². The van der Waals surface area contributed by atoms with Gasteiger partial charge in [-0.15, -0.1) is 0 Å². The second kappa shape index (κ2) is 7.77. The van der Waals surface area contributed by atoms with Gasteiger partial charge in [0.15, 0.2) is 0 Å². The number of imidazole rings is 1. The molecule has 0 aliphatic heterocycles. The molecule has 0 radical (unpaired) electrons. The van der Waals surface area contributed by atoms with Gasteiger partial charge < -0.3 is 4.98 Å². The Bertz CT molecular complexity index is 1200. The summed E-state index contributed by atoms with van der Waals surface area (Å²) < 4.78 is 39.4. The number of nitrogens with one attached hydrogen (secondary N) is 1. The zero-order valence-corrected chi connectivity index (χ0v) is 15.9. The van der Waals surface area contributed by atoms with E-state index < -0.39 is 11.7 Å². The molecule has 1 aromatic heterocycles. The van der Waals surface area contributed by atoms with E-state index in [1.807, 2.05) is 42.5 Å². The molecule has 7 heteroatoms. The van der Waals surface area contributed by atoms with Crippen molar-refractivity contribution >= 4 is 35.1 Å². The first-order chi connectivity index (χ1) is 14.0. The Morgan fingerprint density at radius 2 is 1.69 bits per heavy atom. The minimum absolute atomic E-state index is 0.0926. The summed E-state index contributed by atoms with van der Waals surface area (Å²) in [5, 5.41) is 5.75. The van der Waals surface area contributed by atoms with Gasteiger partial charge in [0.1, 0.15) is 5.82 Å². The third-order valence-corrected chi connectivity index (χ3v) is 5.12. The number of nitrogens with two attached hydrogens (primary N) is 1. The first-order valence-corrected chi connectivity index (χ1v) is 9.64. The van der Waals surface area contributed by atoms with Crippen LogP contribution in [0.5, 0.6) is 0 Å². The molecule has 0 fully saturated rings. The molecule has 29 heavy (non-hydrogen) atoms. The van der Waals surface area contributed by atoms with Gasteiger partial charge in [-0.25, -0.2) is 4.98 Å². The maximum atomic E-state index is 13.1. The van der Waals surface area contributed by atoms with Crippen molar-refractivity contribution in [3.8, 4) is 11.1 Å². The molecule has 0 unspecified atom stereocenters. The van der Waals surface area contributed by atoms with Crippen LogP contribution in [0.3, 0.4) is 0 Å². The standard InChI is InChI=1S/C22H16F3N3S/c23-22(24,25)17-7-3-1-5-14(17)10-12-21-27-18-11-9-15(13-19(18)28-21)16-6-2-4-8-20(16)29-26/h1-13H,26H2,(H,27,28)/b12-10+. The lowest BCUT2D eigenvalue weighted by atomic mass is 10.1. The van der Waals surface area contributed by atoms with Crippen molar-refractivity contribution in [1.82, 2.24) is 9.97 Å². The molecule has 0 atom stereocenters. The third-order valence-electron chi connectivity index (χ3n) is 4.51. The van der Waals surface area contributed by atoms with E-state index in [2.05, 4.69) is 9.97 Å². The average Bonchev–Trinajstić information content (AvgIpc) is 3.14. The molecular weight excluding hydrogens is 395 g/mol. The highest BCUT2D eigenvalue weighted by molar-refractivity contribution is 7.97. The highest BCUT2D eigenvalue weighted by atomic mass is 32.2. The number of halogens is 3. The predicted octanol–water partition coefficient (Wildman–Crippen LogP) is 6.38. The first-order valence-electron chi connectivity index (χ1n) is 8.76. The number of hydrogen-bond acceptors (Lipinski definition) is 3. The summed E-state index contributed by atoms with van der Waals surface area (Å²) in [5.41, 5.74) is 2.93. The van der Waals surface area contributed by atoms with Crippen LogP contribution in [-0.2, 0) is 6.18 Å². The number of fused-ring (bicyclic) bond motifs is 1. The maximum absolute atomic E-state index is 13.1. The van der Waals surface area contributed by atoms with Gasteiger partial charge in [-0.2, -0.15) is 13.2 Å². The molecule has 0 spiro atoms. The van der Waals surface area contributed by atoms with E-state index in [0.29, 0.717) is 5.82 Å². The monoisotopic (exact) mass is 411 g/mol. The van der Waals surface area contributed by atoms with Gasteiger partial charge in [0.05, 0.1) is 16.6 Å². The Hall–Kier alpha value is -3.03. The molecule has 146 valence electrons. The Morgan fingerprint density at radius 3 is 2.48 bits per heavy atom. The summed E-state index contributed by atoms with van der Waals surface area (Å²) in [6, 6.07) is 19.0. The lowest BCUT2D eigenvalue weighted by Gasteiger charge is -2.09. The zero-order valence-electron chi connectivity index (χ0n) is 15.1. The number of H-pyrrole nitrogens is 1. The Kier molecular flexibility index (Phi) is 5.17.